The smallest absolute Gasteiger partial charge is 0.311 e. The number of carboxylic acids is 1. The van der Waals surface area contributed by atoms with Gasteiger partial charge in [-0.2, -0.15) is 5.10 Å². The maximum atomic E-state index is 12.4. The van der Waals surface area contributed by atoms with E-state index in [0.717, 1.165) is 12.8 Å². The van der Waals surface area contributed by atoms with Crippen LogP contribution >= 0.6 is 0 Å². The van der Waals surface area contributed by atoms with Crippen LogP contribution in [0.4, 0.5) is 0 Å². The van der Waals surface area contributed by atoms with Gasteiger partial charge in [0, 0.05) is 5.92 Å². The van der Waals surface area contributed by atoms with Gasteiger partial charge < -0.3 is 10.4 Å². The number of nitrogens with one attached hydrogen (secondary N) is 2. The van der Waals surface area contributed by atoms with Crippen LogP contribution in [-0.4, -0.2) is 32.2 Å². The van der Waals surface area contributed by atoms with Crippen LogP contribution in [0, 0.1) is 5.92 Å². The van der Waals surface area contributed by atoms with Crippen LogP contribution in [0.5, 0.6) is 0 Å². The lowest BCUT2D eigenvalue weighted by Crippen LogP contribution is -2.33. The van der Waals surface area contributed by atoms with Gasteiger partial charge in [0.05, 0.1) is 6.04 Å². The van der Waals surface area contributed by atoms with Crippen LogP contribution in [0.2, 0.25) is 0 Å². The molecule has 2 aromatic rings. The molecule has 1 aromatic carbocycles. The molecule has 0 bridgehead atoms. The Hall–Kier alpha value is -2.70. The number of nitrogens with zero attached hydrogens (tertiary/aromatic N) is 2. The third-order valence-corrected chi connectivity index (χ3v) is 4.04. The van der Waals surface area contributed by atoms with E-state index < -0.39 is 5.97 Å². The highest BCUT2D eigenvalue weighted by Gasteiger charge is 2.28. The Bertz CT molecular complexity index is 715. The van der Waals surface area contributed by atoms with E-state index in [2.05, 4.69) is 32.6 Å². The summed E-state index contributed by atoms with van der Waals surface area (Å²) in [5, 5.41) is 18.2. The van der Waals surface area contributed by atoms with E-state index in [9.17, 15) is 9.59 Å². The third-order valence-electron chi connectivity index (χ3n) is 4.04. The second kappa shape index (κ2) is 6.20. The molecule has 7 heteroatoms. The Morgan fingerprint density at radius 2 is 2.00 bits per heavy atom. The molecule has 3 rings (SSSR count). The minimum Gasteiger partial charge on any atom is -0.481 e. The predicted molar refractivity (Wildman–Crippen MR) is 81.6 cm³/mol. The van der Waals surface area contributed by atoms with E-state index in [1.54, 1.807) is 6.92 Å². The van der Waals surface area contributed by atoms with Crippen molar-refractivity contribution in [3.8, 4) is 0 Å². The molecule has 1 aromatic heterocycles. The van der Waals surface area contributed by atoms with Crippen molar-refractivity contribution in [3.05, 3.63) is 47.0 Å². The first-order chi connectivity index (χ1) is 11.0. The number of hydrogen-bond donors (Lipinski definition) is 3. The van der Waals surface area contributed by atoms with Crippen molar-refractivity contribution in [1.82, 2.24) is 20.5 Å². The molecule has 1 atom stereocenters. The van der Waals surface area contributed by atoms with Crippen molar-refractivity contribution in [2.45, 2.75) is 32.2 Å². The van der Waals surface area contributed by atoms with E-state index in [-0.39, 0.29) is 30.1 Å². The zero-order valence-electron chi connectivity index (χ0n) is 12.7. The Morgan fingerprint density at radius 3 is 2.61 bits per heavy atom. The van der Waals surface area contributed by atoms with Gasteiger partial charge in [-0.15, -0.1) is 0 Å². The first-order valence-electron chi connectivity index (χ1n) is 7.53. The zero-order chi connectivity index (χ0) is 16.4. The van der Waals surface area contributed by atoms with Gasteiger partial charge in [0.25, 0.3) is 0 Å². The molecule has 1 amide bonds. The fourth-order valence-corrected chi connectivity index (χ4v) is 2.87. The largest absolute Gasteiger partial charge is 0.481 e. The van der Waals surface area contributed by atoms with Gasteiger partial charge in [-0.05, 0) is 30.9 Å². The van der Waals surface area contributed by atoms with E-state index in [1.807, 2.05) is 12.1 Å². The number of amides is 1. The molecular weight excluding hydrogens is 296 g/mol. The van der Waals surface area contributed by atoms with Crippen LogP contribution < -0.4 is 5.32 Å². The first kappa shape index (κ1) is 15.2. The third kappa shape index (κ3) is 3.39. The molecule has 1 heterocycles. The predicted octanol–water partition coefficient (Wildman–Crippen LogP) is 1.02. The number of hydrogen-bond acceptors (Lipinski definition) is 4. The normalized spacial score (nSPS) is 15.2. The number of fused-ring (bicyclic) bond motifs is 1. The number of aromatic amines is 1. The van der Waals surface area contributed by atoms with Gasteiger partial charge in [-0.25, -0.2) is 4.98 Å². The molecule has 0 aliphatic heterocycles. The van der Waals surface area contributed by atoms with E-state index in [0.29, 0.717) is 5.82 Å². The van der Waals surface area contributed by atoms with Crippen molar-refractivity contribution in [1.29, 1.82) is 0 Å². The standard InChI is InChI=1S/C16H18N4O3/c1-9(15-18-13(19-20-15)8-14(21)22)17-16(23)12-6-10-4-2-3-5-11(10)7-12/h2-5,9,12H,6-8H2,1H3,(H,17,23)(H,21,22)(H,18,19,20). The summed E-state index contributed by atoms with van der Waals surface area (Å²) in [6, 6.07) is 7.71. The minimum atomic E-state index is -0.979. The molecule has 7 nitrogen and oxygen atoms in total. The molecule has 23 heavy (non-hydrogen) atoms. The average Bonchev–Trinajstić information content (AvgIpc) is 3.12. The van der Waals surface area contributed by atoms with Crippen LogP contribution in [0.3, 0.4) is 0 Å². The van der Waals surface area contributed by atoms with Gasteiger partial charge in [0.15, 0.2) is 5.82 Å². The summed E-state index contributed by atoms with van der Waals surface area (Å²) in [7, 11) is 0. The molecule has 1 unspecified atom stereocenters. The highest BCUT2D eigenvalue weighted by Crippen LogP contribution is 2.27. The summed E-state index contributed by atoms with van der Waals surface area (Å²) in [6.45, 7) is 1.79. The van der Waals surface area contributed by atoms with Gasteiger partial charge in [0.2, 0.25) is 5.91 Å². The Kier molecular flexibility index (Phi) is 4.10. The lowest BCUT2D eigenvalue weighted by atomic mass is 10.1. The SMILES string of the molecule is CC(NC(=O)C1Cc2ccccc2C1)c1n[nH]c(CC(=O)O)n1. The van der Waals surface area contributed by atoms with Gasteiger partial charge in [-0.1, -0.05) is 24.3 Å². The van der Waals surface area contributed by atoms with E-state index in [1.165, 1.54) is 11.1 Å². The van der Waals surface area contributed by atoms with Crippen LogP contribution in [0.25, 0.3) is 0 Å². The molecule has 0 saturated heterocycles. The topological polar surface area (TPSA) is 108 Å². The first-order valence-corrected chi connectivity index (χ1v) is 7.53. The van der Waals surface area contributed by atoms with Crippen molar-refractivity contribution in [2.24, 2.45) is 5.92 Å². The number of carbonyl (C=O) groups excluding carboxylic acids is 1. The van der Waals surface area contributed by atoms with E-state index >= 15 is 0 Å². The number of carboxylic acid groups (broad SMARTS) is 1. The maximum absolute atomic E-state index is 12.4. The minimum absolute atomic E-state index is 0.0294. The molecule has 120 valence electrons. The maximum Gasteiger partial charge on any atom is 0.311 e. The number of H-pyrrole nitrogens is 1. The van der Waals surface area contributed by atoms with Crippen LogP contribution in [0.1, 0.15) is 35.7 Å². The summed E-state index contributed by atoms with van der Waals surface area (Å²) in [5.74, 6) is -0.411. The summed E-state index contributed by atoms with van der Waals surface area (Å²) in [6.07, 6.45) is 1.27. The summed E-state index contributed by atoms with van der Waals surface area (Å²) in [4.78, 5) is 27.2. The Balaban J connectivity index is 1.60. The van der Waals surface area contributed by atoms with Gasteiger partial charge >= 0.3 is 5.97 Å². The lowest BCUT2D eigenvalue weighted by Gasteiger charge is -2.14. The molecule has 1 aliphatic rings. The van der Waals surface area contributed by atoms with Crippen molar-refractivity contribution < 1.29 is 14.7 Å². The quantitative estimate of drug-likeness (QED) is 0.764. The molecule has 0 spiro atoms. The lowest BCUT2D eigenvalue weighted by molar-refractivity contribution is -0.136. The molecule has 1 aliphatic carbocycles. The van der Waals surface area contributed by atoms with Crippen LogP contribution in [-0.2, 0) is 28.9 Å². The van der Waals surface area contributed by atoms with Gasteiger partial charge in [0.1, 0.15) is 12.2 Å². The second-order valence-electron chi connectivity index (χ2n) is 5.81. The van der Waals surface area contributed by atoms with Crippen LogP contribution in [0.15, 0.2) is 24.3 Å². The number of carbonyl (C=O) groups is 2. The Morgan fingerprint density at radius 1 is 1.35 bits per heavy atom. The monoisotopic (exact) mass is 314 g/mol. The number of aliphatic carboxylic acids is 1. The molecule has 0 radical (unpaired) electrons. The summed E-state index contributed by atoms with van der Waals surface area (Å²) >= 11 is 0. The van der Waals surface area contributed by atoms with Crippen molar-refractivity contribution in [2.75, 3.05) is 0 Å². The van der Waals surface area contributed by atoms with E-state index in [4.69, 9.17) is 5.11 Å². The average molecular weight is 314 g/mol. The molecule has 3 N–H and O–H groups in total. The zero-order valence-corrected chi connectivity index (χ0v) is 12.7. The molecule has 0 saturated carbocycles. The fourth-order valence-electron chi connectivity index (χ4n) is 2.87. The number of rotatable bonds is 5. The number of benzene rings is 1. The molecule has 0 fully saturated rings. The molecular formula is C16H18N4O3. The highest BCUT2D eigenvalue weighted by atomic mass is 16.4. The summed E-state index contributed by atoms with van der Waals surface area (Å²) in [5.41, 5.74) is 2.45. The van der Waals surface area contributed by atoms with Crippen molar-refractivity contribution >= 4 is 11.9 Å². The van der Waals surface area contributed by atoms with Gasteiger partial charge in [-0.3, -0.25) is 14.7 Å². The highest BCUT2D eigenvalue weighted by molar-refractivity contribution is 5.80. The number of aromatic nitrogens is 3. The van der Waals surface area contributed by atoms with Crippen molar-refractivity contribution in [3.63, 3.8) is 0 Å². The fraction of sp³-hybridized carbons (Fsp3) is 0.375. The summed E-state index contributed by atoms with van der Waals surface area (Å²) < 4.78 is 0. The second-order valence-corrected chi connectivity index (χ2v) is 5.81. The Labute approximate surface area is 133 Å².